The van der Waals surface area contributed by atoms with Gasteiger partial charge in [-0.15, -0.1) is 0 Å². The molecule has 0 fully saturated rings. The van der Waals surface area contributed by atoms with E-state index in [4.69, 9.17) is 0 Å². The highest BCUT2D eigenvalue weighted by atomic mass is 16.3. The number of hydrogen-bond donors (Lipinski definition) is 4. The third-order valence-corrected chi connectivity index (χ3v) is 6.89. The Hall–Kier alpha value is -0.160. The summed E-state index contributed by atoms with van der Waals surface area (Å²) in [5, 5.41) is 27.0. The summed E-state index contributed by atoms with van der Waals surface area (Å²) in [7, 11) is 0. The molecule has 33 heavy (non-hydrogen) atoms. The van der Waals surface area contributed by atoms with Crippen LogP contribution in [-0.4, -0.2) is 48.6 Å². The Labute approximate surface area is 208 Å². The summed E-state index contributed by atoms with van der Waals surface area (Å²) in [5.41, 5.74) is 0. The average molecular weight is 471 g/mol. The summed E-state index contributed by atoms with van der Waals surface area (Å²) >= 11 is 0. The van der Waals surface area contributed by atoms with Crippen LogP contribution in [0.2, 0.25) is 0 Å². The Kier molecular flexibility index (Phi) is 27.9. The van der Waals surface area contributed by atoms with Crippen molar-refractivity contribution in [3.8, 4) is 0 Å². The van der Waals surface area contributed by atoms with Gasteiger partial charge in [-0.3, -0.25) is 0 Å². The first kappa shape index (κ1) is 32.8. The van der Waals surface area contributed by atoms with Gasteiger partial charge in [-0.2, -0.15) is 0 Å². The molecule has 4 nitrogen and oxygen atoms in total. The van der Waals surface area contributed by atoms with Gasteiger partial charge in [0.15, 0.2) is 0 Å². The number of nitrogens with one attached hydrogen (secondary N) is 2. The lowest BCUT2D eigenvalue weighted by atomic mass is 10.0. The van der Waals surface area contributed by atoms with Crippen LogP contribution in [0.1, 0.15) is 149 Å². The fraction of sp³-hybridized carbons (Fsp3) is 1.00. The second kappa shape index (κ2) is 28.1. The largest absolute Gasteiger partial charge is 0.396 e. The van der Waals surface area contributed by atoms with Crippen LogP contribution in [0.15, 0.2) is 0 Å². The Morgan fingerprint density at radius 1 is 0.515 bits per heavy atom. The number of aliphatic hydroxyl groups excluding tert-OH is 2. The van der Waals surface area contributed by atoms with Crippen molar-refractivity contribution in [2.75, 3.05) is 26.2 Å². The topological polar surface area (TPSA) is 64.5 Å². The van der Waals surface area contributed by atoms with E-state index in [2.05, 4.69) is 24.5 Å². The minimum Gasteiger partial charge on any atom is -0.396 e. The molecule has 0 radical (unpaired) electrons. The molecule has 0 aliphatic heterocycles. The Bertz CT molecular complexity index is 355. The summed E-state index contributed by atoms with van der Waals surface area (Å²) in [6.07, 6.45) is 26.2. The molecule has 0 saturated carbocycles. The monoisotopic (exact) mass is 470 g/mol. The average Bonchev–Trinajstić information content (AvgIpc) is 2.82. The first-order valence-electron chi connectivity index (χ1n) is 15.0. The van der Waals surface area contributed by atoms with Crippen molar-refractivity contribution in [1.29, 1.82) is 0 Å². The van der Waals surface area contributed by atoms with E-state index in [0.717, 1.165) is 45.3 Å². The van der Waals surface area contributed by atoms with Crippen molar-refractivity contribution in [2.45, 2.75) is 161 Å². The van der Waals surface area contributed by atoms with Crippen molar-refractivity contribution in [3.63, 3.8) is 0 Å². The Balaban J connectivity index is 3.66. The SMILES string of the molecule is CCCCCCCCCCCNC(CCCO)C(O)CCCNCCCCCCCCCC. The summed E-state index contributed by atoms with van der Waals surface area (Å²) < 4.78 is 0. The fourth-order valence-electron chi connectivity index (χ4n) is 4.61. The standard InChI is InChI=1S/C29H62N2O2/c1-3-5-7-9-11-13-15-17-19-26-31-28(22-21-27-32)29(33)23-20-25-30-24-18-16-14-12-10-8-6-4-2/h28-33H,3-27H2,1-2H3. The Morgan fingerprint density at radius 3 is 1.48 bits per heavy atom. The van der Waals surface area contributed by atoms with E-state index in [1.807, 2.05) is 0 Å². The maximum Gasteiger partial charge on any atom is 0.0693 e. The van der Waals surface area contributed by atoms with Gasteiger partial charge >= 0.3 is 0 Å². The lowest BCUT2D eigenvalue weighted by Crippen LogP contribution is -2.41. The van der Waals surface area contributed by atoms with Crippen LogP contribution in [0.25, 0.3) is 0 Å². The summed E-state index contributed by atoms with van der Waals surface area (Å²) in [5.74, 6) is 0. The number of hydrogen-bond acceptors (Lipinski definition) is 4. The van der Waals surface area contributed by atoms with Gasteiger partial charge in [-0.05, 0) is 58.2 Å². The maximum absolute atomic E-state index is 10.7. The quantitative estimate of drug-likeness (QED) is 0.0919. The molecule has 0 rings (SSSR count). The molecule has 0 aromatic rings. The highest BCUT2D eigenvalue weighted by Gasteiger charge is 2.17. The van der Waals surface area contributed by atoms with E-state index in [1.54, 1.807) is 0 Å². The zero-order valence-electron chi connectivity index (χ0n) is 22.7. The van der Waals surface area contributed by atoms with Crippen molar-refractivity contribution in [3.05, 3.63) is 0 Å². The van der Waals surface area contributed by atoms with Gasteiger partial charge in [-0.1, -0.05) is 110 Å². The summed E-state index contributed by atoms with van der Waals surface area (Å²) in [6.45, 7) is 7.85. The van der Waals surface area contributed by atoms with Crippen molar-refractivity contribution < 1.29 is 10.2 Å². The molecule has 0 bridgehead atoms. The molecule has 4 N–H and O–H groups in total. The second-order valence-corrected chi connectivity index (χ2v) is 10.2. The molecule has 0 saturated heterocycles. The van der Waals surface area contributed by atoms with Crippen LogP contribution in [0.4, 0.5) is 0 Å². The predicted molar refractivity (Wildman–Crippen MR) is 146 cm³/mol. The summed E-state index contributed by atoms with van der Waals surface area (Å²) in [4.78, 5) is 0. The van der Waals surface area contributed by atoms with E-state index in [9.17, 15) is 10.2 Å². The molecule has 2 unspecified atom stereocenters. The molecule has 2 atom stereocenters. The van der Waals surface area contributed by atoms with Gasteiger partial charge in [0.1, 0.15) is 0 Å². The Morgan fingerprint density at radius 2 is 0.970 bits per heavy atom. The van der Waals surface area contributed by atoms with Crippen LogP contribution in [0.5, 0.6) is 0 Å². The van der Waals surface area contributed by atoms with E-state index in [0.29, 0.717) is 0 Å². The number of unbranched alkanes of at least 4 members (excludes halogenated alkanes) is 15. The van der Waals surface area contributed by atoms with E-state index >= 15 is 0 Å². The van der Waals surface area contributed by atoms with Gasteiger partial charge in [-0.25, -0.2) is 0 Å². The molecule has 0 aromatic carbocycles. The van der Waals surface area contributed by atoms with Crippen LogP contribution in [0, 0.1) is 0 Å². The van der Waals surface area contributed by atoms with Crippen molar-refractivity contribution in [1.82, 2.24) is 10.6 Å². The van der Waals surface area contributed by atoms with Crippen LogP contribution >= 0.6 is 0 Å². The zero-order valence-corrected chi connectivity index (χ0v) is 22.7. The third kappa shape index (κ3) is 24.8. The fourth-order valence-corrected chi connectivity index (χ4v) is 4.61. The molecule has 0 heterocycles. The molecule has 0 aliphatic rings. The van der Waals surface area contributed by atoms with Crippen LogP contribution in [-0.2, 0) is 0 Å². The molecule has 4 heteroatoms. The molecule has 0 aliphatic carbocycles. The molecule has 200 valence electrons. The van der Waals surface area contributed by atoms with E-state index in [-0.39, 0.29) is 18.8 Å². The number of rotatable bonds is 28. The second-order valence-electron chi connectivity index (χ2n) is 10.2. The van der Waals surface area contributed by atoms with Crippen LogP contribution in [0.3, 0.4) is 0 Å². The van der Waals surface area contributed by atoms with E-state index < -0.39 is 0 Å². The molecule has 0 amide bonds. The highest BCUT2D eigenvalue weighted by molar-refractivity contribution is 4.76. The van der Waals surface area contributed by atoms with Gasteiger partial charge in [0.25, 0.3) is 0 Å². The normalized spacial score (nSPS) is 13.5. The minimum absolute atomic E-state index is 0.124. The van der Waals surface area contributed by atoms with Gasteiger partial charge in [0.05, 0.1) is 6.10 Å². The molecular formula is C29H62N2O2. The van der Waals surface area contributed by atoms with Gasteiger partial charge in [0.2, 0.25) is 0 Å². The van der Waals surface area contributed by atoms with Crippen molar-refractivity contribution >= 4 is 0 Å². The van der Waals surface area contributed by atoms with Crippen LogP contribution < -0.4 is 10.6 Å². The third-order valence-electron chi connectivity index (χ3n) is 6.89. The maximum atomic E-state index is 10.7. The van der Waals surface area contributed by atoms with E-state index in [1.165, 1.54) is 109 Å². The minimum atomic E-state index is -0.306. The van der Waals surface area contributed by atoms with Gasteiger partial charge < -0.3 is 20.8 Å². The first-order valence-corrected chi connectivity index (χ1v) is 15.0. The highest BCUT2D eigenvalue weighted by Crippen LogP contribution is 2.12. The molecule has 0 spiro atoms. The van der Waals surface area contributed by atoms with Crippen molar-refractivity contribution in [2.24, 2.45) is 0 Å². The lowest BCUT2D eigenvalue weighted by molar-refractivity contribution is 0.107. The molecule has 0 aromatic heterocycles. The summed E-state index contributed by atoms with van der Waals surface area (Å²) in [6, 6.07) is 0.124. The lowest BCUT2D eigenvalue weighted by Gasteiger charge is -2.24. The first-order chi connectivity index (χ1) is 16.3. The number of aliphatic hydroxyl groups is 2. The molecular weight excluding hydrogens is 408 g/mol. The smallest absolute Gasteiger partial charge is 0.0693 e. The van der Waals surface area contributed by atoms with Gasteiger partial charge in [0, 0.05) is 12.6 Å². The zero-order chi connectivity index (χ0) is 24.2. The predicted octanol–water partition coefficient (Wildman–Crippen LogP) is 7.12.